The number of ether oxygens (including phenoxy) is 1. The van der Waals surface area contributed by atoms with Crippen molar-refractivity contribution >= 4 is 17.6 Å². The second kappa shape index (κ2) is 6.05. The highest BCUT2D eigenvalue weighted by Crippen LogP contribution is 2.29. The van der Waals surface area contributed by atoms with Crippen molar-refractivity contribution in [1.82, 2.24) is 5.01 Å². The highest BCUT2D eigenvalue weighted by atomic mass is 16.5. The first-order chi connectivity index (χ1) is 10.0. The Bertz CT molecular complexity index is 570. The van der Waals surface area contributed by atoms with Crippen molar-refractivity contribution in [2.24, 2.45) is 5.10 Å². The molecule has 0 saturated carbocycles. The number of carbonyl (C=O) groups excluding carboxylic acids is 2. The van der Waals surface area contributed by atoms with Crippen molar-refractivity contribution in [3.63, 3.8) is 0 Å². The molecule has 0 bridgehead atoms. The molecular formula is C15H18N2O4. The third-order valence-corrected chi connectivity index (χ3v) is 3.31. The fraction of sp³-hybridized carbons (Fsp3) is 0.400. The summed E-state index contributed by atoms with van der Waals surface area (Å²) in [4.78, 5) is 24.4. The normalized spacial score (nSPS) is 21.1. The predicted octanol–water partition coefficient (Wildman–Crippen LogP) is 1.55. The van der Waals surface area contributed by atoms with Crippen LogP contribution < -0.4 is 0 Å². The molecule has 112 valence electrons. The number of carbonyl (C=O) groups is 2. The summed E-state index contributed by atoms with van der Waals surface area (Å²) < 4.78 is 4.62. The van der Waals surface area contributed by atoms with Crippen molar-refractivity contribution in [2.45, 2.75) is 31.9 Å². The minimum absolute atomic E-state index is 0.0217. The second-order valence-corrected chi connectivity index (χ2v) is 4.88. The van der Waals surface area contributed by atoms with Crippen LogP contribution >= 0.6 is 0 Å². The number of aliphatic hydroxyl groups is 1. The molecule has 1 aliphatic heterocycles. The largest absolute Gasteiger partial charge is 0.465 e. The van der Waals surface area contributed by atoms with Gasteiger partial charge in [0.15, 0.2) is 0 Å². The molecule has 0 fully saturated rings. The van der Waals surface area contributed by atoms with E-state index in [9.17, 15) is 14.7 Å². The van der Waals surface area contributed by atoms with Gasteiger partial charge >= 0.3 is 5.97 Å². The predicted molar refractivity (Wildman–Crippen MR) is 76.5 cm³/mol. The van der Waals surface area contributed by atoms with Crippen molar-refractivity contribution in [3.05, 3.63) is 35.9 Å². The molecule has 0 spiro atoms. The summed E-state index contributed by atoms with van der Waals surface area (Å²) >= 11 is 0. The first kappa shape index (κ1) is 15.2. The average Bonchev–Trinajstić information content (AvgIpc) is 2.85. The monoisotopic (exact) mass is 290 g/mol. The highest BCUT2D eigenvalue weighted by Gasteiger charge is 2.51. The van der Waals surface area contributed by atoms with E-state index in [2.05, 4.69) is 9.84 Å². The van der Waals surface area contributed by atoms with E-state index in [-0.39, 0.29) is 6.42 Å². The molecule has 21 heavy (non-hydrogen) atoms. The molecule has 0 unspecified atom stereocenters. The third kappa shape index (κ3) is 2.80. The van der Waals surface area contributed by atoms with Crippen LogP contribution in [0, 0.1) is 0 Å². The van der Waals surface area contributed by atoms with E-state index in [1.165, 1.54) is 7.11 Å². The fourth-order valence-electron chi connectivity index (χ4n) is 2.28. The number of rotatable bonds is 4. The van der Waals surface area contributed by atoms with Gasteiger partial charge in [0.05, 0.1) is 7.11 Å². The van der Waals surface area contributed by atoms with Crippen LogP contribution in [0.4, 0.5) is 0 Å². The Balaban J connectivity index is 2.36. The minimum Gasteiger partial charge on any atom is -0.465 e. The van der Waals surface area contributed by atoms with E-state index in [0.29, 0.717) is 17.7 Å². The van der Waals surface area contributed by atoms with Crippen LogP contribution in [0.3, 0.4) is 0 Å². The molecule has 6 heteroatoms. The zero-order valence-corrected chi connectivity index (χ0v) is 12.1. The summed E-state index contributed by atoms with van der Waals surface area (Å²) in [6.45, 7) is 1.96. The number of hydrogen-bond acceptors (Lipinski definition) is 5. The van der Waals surface area contributed by atoms with Gasteiger partial charge in [0, 0.05) is 17.7 Å². The van der Waals surface area contributed by atoms with E-state index < -0.39 is 17.6 Å². The van der Waals surface area contributed by atoms with E-state index >= 15 is 0 Å². The van der Waals surface area contributed by atoms with Gasteiger partial charge < -0.3 is 9.84 Å². The Labute approximate surface area is 123 Å². The van der Waals surface area contributed by atoms with Gasteiger partial charge in [-0.15, -0.1) is 0 Å². The minimum atomic E-state index is -2.06. The quantitative estimate of drug-likeness (QED) is 0.853. The van der Waals surface area contributed by atoms with E-state index in [0.717, 1.165) is 11.4 Å². The molecule has 0 aromatic heterocycles. The lowest BCUT2D eigenvalue weighted by atomic mass is 10.0. The molecule has 1 atom stereocenters. The molecule has 2 rings (SSSR count). The Kier molecular flexibility index (Phi) is 4.37. The van der Waals surface area contributed by atoms with Gasteiger partial charge in [0.1, 0.15) is 0 Å². The molecule has 0 radical (unpaired) electrons. The maximum atomic E-state index is 12.5. The SMILES string of the molecule is CCCC1=NN(C(=O)c2ccccc2)[C@@](O)(C(=O)OC)C1. The maximum absolute atomic E-state index is 12.5. The zero-order chi connectivity index (χ0) is 15.5. The van der Waals surface area contributed by atoms with E-state index in [1.807, 2.05) is 6.92 Å². The fourth-order valence-corrected chi connectivity index (χ4v) is 2.28. The van der Waals surface area contributed by atoms with Crippen LogP contribution in [0.2, 0.25) is 0 Å². The van der Waals surface area contributed by atoms with Gasteiger partial charge in [-0.1, -0.05) is 31.5 Å². The molecule has 1 heterocycles. The molecule has 1 N–H and O–H groups in total. The first-order valence-corrected chi connectivity index (χ1v) is 6.79. The molecule has 1 amide bonds. The lowest BCUT2D eigenvalue weighted by molar-refractivity contribution is -0.176. The number of esters is 1. The maximum Gasteiger partial charge on any atom is 0.361 e. The van der Waals surface area contributed by atoms with Crippen LogP contribution in [-0.2, 0) is 9.53 Å². The van der Waals surface area contributed by atoms with Gasteiger partial charge in [-0.25, -0.2) is 4.79 Å². The zero-order valence-electron chi connectivity index (χ0n) is 12.1. The summed E-state index contributed by atoms with van der Waals surface area (Å²) in [5, 5.41) is 15.5. The lowest BCUT2D eigenvalue weighted by Crippen LogP contribution is -2.52. The van der Waals surface area contributed by atoms with Crippen LogP contribution in [0.5, 0.6) is 0 Å². The smallest absolute Gasteiger partial charge is 0.361 e. The summed E-state index contributed by atoms with van der Waals surface area (Å²) in [5.74, 6) is -1.42. The molecular weight excluding hydrogens is 272 g/mol. The second-order valence-electron chi connectivity index (χ2n) is 4.88. The number of methoxy groups -OCH3 is 1. The van der Waals surface area contributed by atoms with Gasteiger partial charge in [0.2, 0.25) is 0 Å². The Morgan fingerprint density at radius 2 is 2.05 bits per heavy atom. The summed E-state index contributed by atoms with van der Waals surface area (Å²) in [6.07, 6.45) is 1.40. The molecule has 1 aromatic rings. The molecule has 0 aliphatic carbocycles. The van der Waals surface area contributed by atoms with Crippen LogP contribution in [0.15, 0.2) is 35.4 Å². The van der Waals surface area contributed by atoms with Crippen molar-refractivity contribution < 1.29 is 19.4 Å². The number of amides is 1. The van der Waals surface area contributed by atoms with Gasteiger partial charge in [-0.05, 0) is 18.6 Å². The molecule has 0 saturated heterocycles. The van der Waals surface area contributed by atoms with Crippen molar-refractivity contribution in [1.29, 1.82) is 0 Å². The first-order valence-electron chi connectivity index (χ1n) is 6.79. The van der Waals surface area contributed by atoms with Crippen molar-refractivity contribution in [3.8, 4) is 0 Å². The van der Waals surface area contributed by atoms with Gasteiger partial charge in [-0.2, -0.15) is 10.1 Å². The Hall–Kier alpha value is -2.21. The summed E-state index contributed by atoms with van der Waals surface area (Å²) in [5.41, 5.74) is -1.11. The standard InChI is InChI=1S/C15H18N2O4/c1-3-7-12-10-15(20,14(19)21-2)17(16-12)13(18)11-8-5-4-6-9-11/h4-6,8-9,20H,3,7,10H2,1-2H3/t15-/m0/s1. The lowest BCUT2D eigenvalue weighted by Gasteiger charge is -2.28. The highest BCUT2D eigenvalue weighted by molar-refractivity contribution is 6.02. The number of benzene rings is 1. The summed E-state index contributed by atoms with van der Waals surface area (Å²) in [6, 6.07) is 8.40. The van der Waals surface area contributed by atoms with Gasteiger partial charge in [0.25, 0.3) is 11.6 Å². The van der Waals surface area contributed by atoms with E-state index in [4.69, 9.17) is 0 Å². The van der Waals surface area contributed by atoms with Crippen molar-refractivity contribution in [2.75, 3.05) is 7.11 Å². The topological polar surface area (TPSA) is 79.2 Å². The summed E-state index contributed by atoms with van der Waals surface area (Å²) in [7, 11) is 1.17. The van der Waals surface area contributed by atoms with Crippen LogP contribution in [-0.4, -0.2) is 40.5 Å². The Morgan fingerprint density at radius 1 is 1.38 bits per heavy atom. The van der Waals surface area contributed by atoms with E-state index in [1.54, 1.807) is 30.3 Å². The molecule has 1 aliphatic rings. The van der Waals surface area contributed by atoms with Gasteiger partial charge in [-0.3, -0.25) is 4.79 Å². The molecule has 1 aromatic carbocycles. The molecule has 6 nitrogen and oxygen atoms in total. The Morgan fingerprint density at radius 3 is 2.62 bits per heavy atom. The number of nitrogens with zero attached hydrogens (tertiary/aromatic N) is 2. The van der Waals surface area contributed by atoms with Crippen LogP contribution in [0.1, 0.15) is 36.5 Å². The van der Waals surface area contributed by atoms with Crippen LogP contribution in [0.25, 0.3) is 0 Å². The number of hydrogen-bond donors (Lipinski definition) is 1. The number of hydrazone groups is 1. The average molecular weight is 290 g/mol. The third-order valence-electron chi connectivity index (χ3n) is 3.31.